The highest BCUT2D eigenvalue weighted by atomic mass is 32.1. The summed E-state index contributed by atoms with van der Waals surface area (Å²) < 4.78 is 2.84. The zero-order valence-electron chi connectivity index (χ0n) is 16.0. The maximum atomic E-state index is 13.4. The van der Waals surface area contributed by atoms with E-state index >= 15 is 0 Å². The van der Waals surface area contributed by atoms with Crippen LogP contribution in [0.4, 0.5) is 0 Å². The fraction of sp³-hybridized carbons (Fsp3) is 0.409. The van der Waals surface area contributed by atoms with Crippen LogP contribution in [0.2, 0.25) is 0 Å². The predicted molar refractivity (Wildman–Crippen MR) is 111 cm³/mol. The predicted octanol–water partition coefficient (Wildman–Crippen LogP) is 3.85. The van der Waals surface area contributed by atoms with Crippen molar-refractivity contribution in [3.63, 3.8) is 0 Å². The van der Waals surface area contributed by atoms with Gasteiger partial charge < -0.3 is 9.47 Å². The van der Waals surface area contributed by atoms with Crippen LogP contribution >= 0.6 is 11.3 Å². The number of rotatable bonds is 2. The molecule has 1 fully saturated rings. The molecule has 2 aromatic heterocycles. The van der Waals surface area contributed by atoms with Gasteiger partial charge >= 0.3 is 0 Å². The smallest absolute Gasteiger partial charge is 0.263 e. The maximum Gasteiger partial charge on any atom is 0.263 e. The summed E-state index contributed by atoms with van der Waals surface area (Å²) in [6, 6.07) is 9.91. The summed E-state index contributed by atoms with van der Waals surface area (Å²) in [6.07, 6.45) is 5.95. The molecule has 3 heterocycles. The first-order valence-corrected chi connectivity index (χ1v) is 10.8. The van der Waals surface area contributed by atoms with Crippen LogP contribution in [0.1, 0.15) is 58.3 Å². The highest BCUT2D eigenvalue weighted by molar-refractivity contribution is 7.18. The number of aromatic nitrogens is 2. The quantitative estimate of drug-likeness (QED) is 0.664. The highest BCUT2D eigenvalue weighted by Gasteiger charge is 2.34. The Labute approximate surface area is 167 Å². The van der Waals surface area contributed by atoms with Gasteiger partial charge in [0.2, 0.25) is 0 Å². The van der Waals surface area contributed by atoms with Crippen LogP contribution in [0, 0.1) is 0 Å². The normalized spacial score (nSPS) is 19.2. The molecule has 1 aromatic carbocycles. The molecule has 1 aliphatic heterocycles. The molecule has 1 aliphatic carbocycles. The summed E-state index contributed by atoms with van der Waals surface area (Å²) in [6.45, 7) is 0.680. The summed E-state index contributed by atoms with van der Waals surface area (Å²) in [7, 11) is 1.80. The van der Waals surface area contributed by atoms with Crippen LogP contribution in [0.3, 0.4) is 0 Å². The number of carbonyl (C=O) groups excluding carboxylic acids is 1. The molecule has 0 radical (unpaired) electrons. The molecule has 1 unspecified atom stereocenters. The van der Waals surface area contributed by atoms with E-state index in [-0.39, 0.29) is 17.5 Å². The van der Waals surface area contributed by atoms with Gasteiger partial charge in [0, 0.05) is 19.3 Å². The molecule has 144 valence electrons. The van der Waals surface area contributed by atoms with E-state index in [0.29, 0.717) is 12.1 Å². The van der Waals surface area contributed by atoms with Crippen LogP contribution in [-0.4, -0.2) is 26.9 Å². The summed E-state index contributed by atoms with van der Waals surface area (Å²) in [5.74, 6) is -0.143. The minimum absolute atomic E-state index is 0.0364. The minimum Gasteiger partial charge on any atom is -0.329 e. The van der Waals surface area contributed by atoms with Gasteiger partial charge in [0.25, 0.3) is 11.5 Å². The lowest BCUT2D eigenvalue weighted by Gasteiger charge is -2.25. The standard InChI is InChI=1S/C22H23N3O2S/c1-24-17-9-4-2-7-14(17)13-15(21(24)26)22(27)25-12-6-10-18(25)20-23-16-8-3-5-11-19(16)28-20/h3,5,8,11,13,18H,2,4,6-7,9-10,12H2,1H3. The van der Waals surface area contributed by atoms with E-state index in [4.69, 9.17) is 4.98 Å². The van der Waals surface area contributed by atoms with E-state index in [9.17, 15) is 9.59 Å². The Hall–Kier alpha value is -2.47. The zero-order valence-corrected chi connectivity index (χ0v) is 16.8. The molecule has 2 aliphatic rings. The van der Waals surface area contributed by atoms with Gasteiger partial charge in [-0.1, -0.05) is 12.1 Å². The Balaban J connectivity index is 1.52. The molecule has 1 amide bonds. The molecule has 0 spiro atoms. The number of nitrogens with zero attached hydrogens (tertiary/aromatic N) is 3. The summed E-state index contributed by atoms with van der Waals surface area (Å²) in [4.78, 5) is 33.0. The van der Waals surface area contributed by atoms with Crippen molar-refractivity contribution in [3.8, 4) is 0 Å². The third-order valence-corrected chi connectivity index (χ3v) is 7.22. The average molecular weight is 394 g/mol. The number of fused-ring (bicyclic) bond motifs is 2. The Morgan fingerprint density at radius 1 is 1.18 bits per heavy atom. The van der Waals surface area contributed by atoms with Crippen molar-refractivity contribution in [2.45, 2.75) is 44.6 Å². The third-order valence-electron chi connectivity index (χ3n) is 6.08. The van der Waals surface area contributed by atoms with E-state index in [1.54, 1.807) is 23.0 Å². The number of pyridine rings is 1. The van der Waals surface area contributed by atoms with Gasteiger partial charge in [-0.3, -0.25) is 9.59 Å². The summed E-state index contributed by atoms with van der Waals surface area (Å²) >= 11 is 1.65. The molecular formula is C22H23N3O2S. The van der Waals surface area contributed by atoms with Crippen molar-refractivity contribution in [1.29, 1.82) is 0 Å². The zero-order chi connectivity index (χ0) is 19.3. The average Bonchev–Trinajstić information content (AvgIpc) is 3.36. The number of benzene rings is 1. The number of thiazole rings is 1. The Bertz CT molecular complexity index is 1100. The number of hydrogen-bond donors (Lipinski definition) is 0. The van der Waals surface area contributed by atoms with Gasteiger partial charge in [-0.15, -0.1) is 11.3 Å². The number of amides is 1. The van der Waals surface area contributed by atoms with E-state index in [1.807, 2.05) is 29.2 Å². The Morgan fingerprint density at radius 2 is 2.00 bits per heavy atom. The molecule has 1 atom stereocenters. The van der Waals surface area contributed by atoms with Crippen LogP contribution in [0.5, 0.6) is 0 Å². The first-order chi connectivity index (χ1) is 13.6. The molecule has 3 aromatic rings. The van der Waals surface area contributed by atoms with Crippen molar-refractivity contribution in [1.82, 2.24) is 14.5 Å². The number of carbonyl (C=O) groups is 1. The second-order valence-electron chi connectivity index (χ2n) is 7.78. The number of aryl methyl sites for hydroxylation is 1. The van der Waals surface area contributed by atoms with Gasteiger partial charge in [-0.25, -0.2) is 4.98 Å². The molecule has 28 heavy (non-hydrogen) atoms. The van der Waals surface area contributed by atoms with Crippen molar-refractivity contribution >= 4 is 27.5 Å². The van der Waals surface area contributed by atoms with E-state index in [1.165, 1.54) is 0 Å². The second kappa shape index (κ2) is 6.85. The van der Waals surface area contributed by atoms with Crippen LogP contribution in [0.15, 0.2) is 35.1 Å². The maximum absolute atomic E-state index is 13.4. The third kappa shape index (κ3) is 2.78. The van der Waals surface area contributed by atoms with E-state index in [0.717, 1.165) is 65.0 Å². The van der Waals surface area contributed by atoms with Crippen molar-refractivity contribution in [2.75, 3.05) is 6.54 Å². The fourth-order valence-corrected chi connectivity index (χ4v) is 5.71. The highest BCUT2D eigenvalue weighted by Crippen LogP contribution is 2.37. The molecule has 0 bridgehead atoms. The summed E-state index contributed by atoms with van der Waals surface area (Å²) in [5.41, 5.74) is 3.38. The molecule has 6 heteroatoms. The molecule has 5 rings (SSSR count). The first-order valence-electron chi connectivity index (χ1n) is 10.0. The minimum atomic E-state index is -0.166. The van der Waals surface area contributed by atoms with Gasteiger partial charge in [-0.05, 0) is 62.3 Å². The Kier molecular flexibility index (Phi) is 4.31. The Morgan fingerprint density at radius 3 is 2.86 bits per heavy atom. The van der Waals surface area contributed by atoms with E-state index in [2.05, 4.69) is 6.07 Å². The fourth-order valence-electron chi connectivity index (χ4n) is 4.60. The number of likely N-dealkylation sites (tertiary alicyclic amines) is 1. The van der Waals surface area contributed by atoms with Crippen molar-refractivity contribution < 1.29 is 4.79 Å². The van der Waals surface area contributed by atoms with Crippen LogP contribution in [-0.2, 0) is 19.9 Å². The molecular weight excluding hydrogens is 370 g/mol. The SMILES string of the molecule is Cn1c2c(cc(C(=O)N3CCCC3c3nc4ccccc4s3)c1=O)CCCC2. The molecule has 1 saturated heterocycles. The lowest BCUT2D eigenvalue weighted by Crippen LogP contribution is -2.37. The van der Waals surface area contributed by atoms with Gasteiger partial charge in [-0.2, -0.15) is 0 Å². The molecule has 0 N–H and O–H groups in total. The van der Waals surface area contributed by atoms with Gasteiger partial charge in [0.05, 0.1) is 16.3 Å². The van der Waals surface area contributed by atoms with Crippen molar-refractivity contribution in [3.05, 3.63) is 62.5 Å². The van der Waals surface area contributed by atoms with Gasteiger partial charge in [0.15, 0.2) is 0 Å². The molecule has 0 saturated carbocycles. The lowest BCUT2D eigenvalue weighted by atomic mass is 9.94. The monoisotopic (exact) mass is 393 g/mol. The first kappa shape index (κ1) is 17.6. The number of hydrogen-bond acceptors (Lipinski definition) is 4. The largest absolute Gasteiger partial charge is 0.329 e. The number of para-hydroxylation sites is 1. The second-order valence-corrected chi connectivity index (χ2v) is 8.84. The van der Waals surface area contributed by atoms with E-state index < -0.39 is 0 Å². The van der Waals surface area contributed by atoms with Crippen LogP contribution < -0.4 is 5.56 Å². The molecule has 5 nitrogen and oxygen atoms in total. The topological polar surface area (TPSA) is 55.2 Å². The van der Waals surface area contributed by atoms with Crippen LogP contribution in [0.25, 0.3) is 10.2 Å². The van der Waals surface area contributed by atoms with Crippen molar-refractivity contribution in [2.24, 2.45) is 7.05 Å². The van der Waals surface area contributed by atoms with Gasteiger partial charge in [0.1, 0.15) is 10.6 Å². The lowest BCUT2D eigenvalue weighted by molar-refractivity contribution is 0.0733. The summed E-state index contributed by atoms with van der Waals surface area (Å²) in [5, 5.41) is 0.974.